The molecule has 0 aromatic carbocycles. The van der Waals surface area contributed by atoms with Crippen LogP contribution in [0.2, 0.25) is 5.15 Å². The van der Waals surface area contributed by atoms with Crippen molar-refractivity contribution in [3.05, 3.63) is 11.5 Å². The number of aromatic nitrogens is 4. The van der Waals surface area contributed by atoms with Crippen LogP contribution in [0.25, 0.3) is 11.2 Å². The number of carbonyl (C=O) groups excluding carboxylic acids is 1. The number of amides is 1. The van der Waals surface area contributed by atoms with Gasteiger partial charge >= 0.3 is 0 Å². The summed E-state index contributed by atoms with van der Waals surface area (Å²) in [7, 11) is 1.49. The van der Waals surface area contributed by atoms with E-state index in [0.29, 0.717) is 11.2 Å². The van der Waals surface area contributed by atoms with Gasteiger partial charge < -0.3 is 15.5 Å². The summed E-state index contributed by atoms with van der Waals surface area (Å²) in [4.78, 5) is 26.5. The van der Waals surface area contributed by atoms with Crippen molar-refractivity contribution in [1.82, 2.24) is 19.9 Å². The second-order valence-corrected chi connectivity index (χ2v) is 4.14. The third-order valence-corrected chi connectivity index (χ3v) is 2.78. The van der Waals surface area contributed by atoms with E-state index in [1.807, 2.05) is 0 Å². The summed E-state index contributed by atoms with van der Waals surface area (Å²) >= 11 is 5.93. The summed E-state index contributed by atoms with van der Waals surface area (Å²) in [6.07, 6.45) is 1.23. The highest BCUT2D eigenvalue weighted by atomic mass is 35.5. The highest BCUT2D eigenvalue weighted by Crippen LogP contribution is 2.18. The molecule has 2 heterocycles. The maximum atomic E-state index is 11.7. The number of fused-ring (bicyclic) bond motifs is 1. The van der Waals surface area contributed by atoms with Gasteiger partial charge in [0.15, 0.2) is 10.8 Å². The standard InChI is InChI=1S/C10H13ClN6O2/c1-19-5(3-12)2-6(18)15-10-16-8(11)7-9(17-10)14-4-13-7/h4-5H,2-3,12H2,1H3,(H2,13,14,15,16,17,18). The lowest BCUT2D eigenvalue weighted by atomic mass is 10.2. The number of H-pyrrole nitrogens is 1. The first-order valence-corrected chi connectivity index (χ1v) is 5.91. The first kappa shape index (κ1) is 13.7. The molecule has 2 rings (SSSR count). The highest BCUT2D eigenvalue weighted by molar-refractivity contribution is 6.33. The van der Waals surface area contributed by atoms with Crippen molar-refractivity contribution in [1.29, 1.82) is 0 Å². The topological polar surface area (TPSA) is 119 Å². The average molecular weight is 285 g/mol. The predicted octanol–water partition coefficient (Wildman–Crippen LogP) is 0.309. The van der Waals surface area contributed by atoms with Crippen molar-refractivity contribution >= 4 is 34.6 Å². The zero-order valence-corrected chi connectivity index (χ0v) is 10.9. The number of ether oxygens (including phenoxy) is 1. The minimum Gasteiger partial charge on any atom is -0.380 e. The molecule has 0 saturated heterocycles. The number of halogens is 1. The van der Waals surface area contributed by atoms with Crippen LogP contribution in [-0.4, -0.2) is 45.6 Å². The number of hydrogen-bond acceptors (Lipinski definition) is 6. The Kier molecular flexibility index (Phi) is 4.25. The number of rotatable bonds is 5. The predicted molar refractivity (Wildman–Crippen MR) is 69.8 cm³/mol. The molecule has 102 valence electrons. The Bertz CT molecular complexity index is 582. The lowest BCUT2D eigenvalue weighted by molar-refractivity contribution is -0.118. The lowest BCUT2D eigenvalue weighted by Gasteiger charge is -2.11. The Hall–Kier alpha value is -1.77. The summed E-state index contributed by atoms with van der Waals surface area (Å²) < 4.78 is 5.02. The Morgan fingerprint density at radius 1 is 1.63 bits per heavy atom. The van der Waals surface area contributed by atoms with Gasteiger partial charge in [0.2, 0.25) is 11.9 Å². The molecule has 1 amide bonds. The van der Waals surface area contributed by atoms with Gasteiger partial charge in [-0.1, -0.05) is 11.6 Å². The van der Waals surface area contributed by atoms with Crippen LogP contribution < -0.4 is 11.1 Å². The van der Waals surface area contributed by atoms with Crippen LogP contribution in [0, 0.1) is 0 Å². The zero-order chi connectivity index (χ0) is 13.8. The van der Waals surface area contributed by atoms with Crippen LogP contribution in [-0.2, 0) is 9.53 Å². The van der Waals surface area contributed by atoms with Crippen molar-refractivity contribution in [2.75, 3.05) is 19.0 Å². The number of nitrogens with two attached hydrogens (primary N) is 1. The number of hydrogen-bond donors (Lipinski definition) is 3. The summed E-state index contributed by atoms with van der Waals surface area (Å²) in [5.74, 6) is -0.204. The minimum atomic E-state index is -0.343. The number of aromatic amines is 1. The van der Waals surface area contributed by atoms with E-state index in [1.54, 1.807) is 0 Å². The summed E-state index contributed by atoms with van der Waals surface area (Å²) in [5.41, 5.74) is 6.35. The van der Waals surface area contributed by atoms with Gasteiger partial charge in [-0.05, 0) is 0 Å². The number of nitrogens with zero attached hydrogens (tertiary/aromatic N) is 3. The number of imidazole rings is 1. The monoisotopic (exact) mass is 284 g/mol. The van der Waals surface area contributed by atoms with E-state index < -0.39 is 0 Å². The number of carbonyl (C=O) groups is 1. The molecular weight excluding hydrogens is 272 g/mol. The van der Waals surface area contributed by atoms with Crippen molar-refractivity contribution in [3.63, 3.8) is 0 Å². The van der Waals surface area contributed by atoms with E-state index in [1.165, 1.54) is 13.4 Å². The molecule has 1 unspecified atom stereocenters. The average Bonchev–Trinajstić information content (AvgIpc) is 2.84. The van der Waals surface area contributed by atoms with E-state index in [4.69, 9.17) is 22.1 Å². The van der Waals surface area contributed by atoms with Crippen molar-refractivity contribution < 1.29 is 9.53 Å². The van der Waals surface area contributed by atoms with Crippen LogP contribution in [0.4, 0.5) is 5.95 Å². The first-order valence-electron chi connectivity index (χ1n) is 5.53. The van der Waals surface area contributed by atoms with Crippen LogP contribution in [0.5, 0.6) is 0 Å². The Morgan fingerprint density at radius 2 is 2.42 bits per heavy atom. The maximum Gasteiger partial charge on any atom is 0.233 e. The Balaban J connectivity index is 2.10. The van der Waals surface area contributed by atoms with E-state index in [0.717, 1.165) is 0 Å². The molecule has 0 radical (unpaired) electrons. The third kappa shape index (κ3) is 3.16. The molecule has 8 nitrogen and oxygen atoms in total. The minimum absolute atomic E-state index is 0.0986. The molecule has 9 heteroatoms. The fraction of sp³-hybridized carbons (Fsp3) is 0.400. The fourth-order valence-corrected chi connectivity index (χ4v) is 1.72. The second kappa shape index (κ2) is 5.91. The Morgan fingerprint density at radius 3 is 3.11 bits per heavy atom. The van der Waals surface area contributed by atoms with Gasteiger partial charge in [0.1, 0.15) is 5.52 Å². The molecule has 2 aromatic rings. The fourth-order valence-electron chi connectivity index (χ4n) is 1.50. The largest absolute Gasteiger partial charge is 0.380 e. The van der Waals surface area contributed by atoms with Gasteiger partial charge in [0.25, 0.3) is 0 Å². The highest BCUT2D eigenvalue weighted by Gasteiger charge is 2.14. The molecule has 4 N–H and O–H groups in total. The molecule has 0 aliphatic carbocycles. The van der Waals surface area contributed by atoms with E-state index in [2.05, 4.69) is 25.3 Å². The quantitative estimate of drug-likeness (QED) is 0.680. The molecular formula is C10H13ClN6O2. The maximum absolute atomic E-state index is 11.7. The van der Waals surface area contributed by atoms with E-state index in [-0.39, 0.29) is 36.1 Å². The second-order valence-electron chi connectivity index (χ2n) is 3.78. The lowest BCUT2D eigenvalue weighted by Crippen LogP contribution is -2.28. The molecule has 19 heavy (non-hydrogen) atoms. The number of nitrogens with one attached hydrogen (secondary N) is 2. The van der Waals surface area contributed by atoms with Crippen LogP contribution in [0.1, 0.15) is 6.42 Å². The van der Waals surface area contributed by atoms with Gasteiger partial charge in [-0.2, -0.15) is 9.97 Å². The van der Waals surface area contributed by atoms with Crippen molar-refractivity contribution in [2.45, 2.75) is 12.5 Å². The van der Waals surface area contributed by atoms with Gasteiger partial charge in [0.05, 0.1) is 18.9 Å². The molecule has 0 bridgehead atoms. The van der Waals surface area contributed by atoms with E-state index >= 15 is 0 Å². The van der Waals surface area contributed by atoms with Crippen LogP contribution in [0.3, 0.4) is 0 Å². The number of methoxy groups -OCH3 is 1. The normalized spacial score (nSPS) is 12.6. The molecule has 0 aliphatic heterocycles. The molecule has 0 aliphatic rings. The molecule has 0 spiro atoms. The SMILES string of the molecule is COC(CN)CC(=O)Nc1nc(Cl)c2[nH]cnc2n1. The summed E-state index contributed by atoms with van der Waals surface area (Å²) in [6.45, 7) is 0.254. The summed E-state index contributed by atoms with van der Waals surface area (Å²) in [5, 5.41) is 2.72. The van der Waals surface area contributed by atoms with Gasteiger partial charge in [-0.25, -0.2) is 4.98 Å². The molecule has 0 fully saturated rings. The smallest absolute Gasteiger partial charge is 0.233 e. The number of anilines is 1. The summed E-state index contributed by atoms with van der Waals surface area (Å²) in [6, 6.07) is 0. The molecule has 0 saturated carbocycles. The van der Waals surface area contributed by atoms with E-state index in [9.17, 15) is 4.79 Å². The van der Waals surface area contributed by atoms with Crippen LogP contribution in [0.15, 0.2) is 6.33 Å². The van der Waals surface area contributed by atoms with Gasteiger partial charge in [-0.3, -0.25) is 10.1 Å². The first-order chi connectivity index (χ1) is 9.13. The van der Waals surface area contributed by atoms with Gasteiger partial charge in [0, 0.05) is 13.7 Å². The van der Waals surface area contributed by atoms with Crippen LogP contribution >= 0.6 is 11.6 Å². The Labute approximate surface area is 113 Å². The van der Waals surface area contributed by atoms with Gasteiger partial charge in [-0.15, -0.1) is 0 Å². The zero-order valence-electron chi connectivity index (χ0n) is 10.2. The molecule has 2 aromatic heterocycles. The molecule has 1 atom stereocenters. The van der Waals surface area contributed by atoms with Crippen molar-refractivity contribution in [3.8, 4) is 0 Å². The van der Waals surface area contributed by atoms with Crippen molar-refractivity contribution in [2.24, 2.45) is 5.73 Å². The third-order valence-electron chi connectivity index (χ3n) is 2.50.